The number of hydrogen-bond acceptors (Lipinski definition) is 4. The maximum absolute atomic E-state index is 10.5. The molecule has 0 fully saturated rings. The summed E-state index contributed by atoms with van der Waals surface area (Å²) in [6.07, 6.45) is 4.16. The summed E-state index contributed by atoms with van der Waals surface area (Å²) in [7, 11) is 0. The van der Waals surface area contributed by atoms with Crippen LogP contribution in [-0.4, -0.2) is 19.7 Å². The number of nitrogens with zero attached hydrogens (tertiary/aromatic N) is 4. The SMILES string of the molecule is Cc1cc(-n2cc([N+](=O)[O-])cn2)ncc1Br. The number of rotatable bonds is 2. The summed E-state index contributed by atoms with van der Waals surface area (Å²) < 4.78 is 2.26. The van der Waals surface area contributed by atoms with Crippen LogP contribution in [0.25, 0.3) is 5.82 Å². The molecule has 2 aromatic rings. The highest BCUT2D eigenvalue weighted by atomic mass is 79.9. The zero-order chi connectivity index (χ0) is 11.7. The van der Waals surface area contributed by atoms with Gasteiger partial charge in [0.15, 0.2) is 5.82 Å². The lowest BCUT2D eigenvalue weighted by atomic mass is 10.3. The molecule has 0 amide bonds. The summed E-state index contributed by atoms with van der Waals surface area (Å²) in [5.74, 6) is 0.550. The van der Waals surface area contributed by atoms with Crippen molar-refractivity contribution in [3.05, 3.63) is 44.8 Å². The van der Waals surface area contributed by atoms with Crippen molar-refractivity contribution < 1.29 is 4.92 Å². The van der Waals surface area contributed by atoms with Gasteiger partial charge < -0.3 is 0 Å². The van der Waals surface area contributed by atoms with E-state index in [1.165, 1.54) is 17.1 Å². The fourth-order valence-corrected chi connectivity index (χ4v) is 1.40. The van der Waals surface area contributed by atoms with Gasteiger partial charge in [0, 0.05) is 10.7 Å². The van der Waals surface area contributed by atoms with E-state index < -0.39 is 4.92 Å². The first kappa shape index (κ1) is 10.7. The Morgan fingerprint density at radius 2 is 2.25 bits per heavy atom. The van der Waals surface area contributed by atoms with E-state index in [9.17, 15) is 10.1 Å². The molecule has 0 N–H and O–H groups in total. The van der Waals surface area contributed by atoms with Gasteiger partial charge in [0.2, 0.25) is 0 Å². The van der Waals surface area contributed by atoms with Crippen LogP contribution in [0.3, 0.4) is 0 Å². The number of pyridine rings is 1. The predicted molar refractivity (Wildman–Crippen MR) is 60.5 cm³/mol. The highest BCUT2D eigenvalue weighted by Gasteiger charge is 2.10. The molecule has 2 rings (SSSR count). The lowest BCUT2D eigenvalue weighted by Gasteiger charge is -2.01. The molecule has 0 unspecified atom stereocenters. The number of aryl methyl sites for hydroxylation is 1. The molecule has 2 aromatic heterocycles. The summed E-state index contributed by atoms with van der Waals surface area (Å²) in [6, 6.07) is 1.79. The van der Waals surface area contributed by atoms with Crippen LogP contribution < -0.4 is 0 Å². The van der Waals surface area contributed by atoms with Crippen molar-refractivity contribution >= 4 is 21.6 Å². The van der Waals surface area contributed by atoms with Crippen molar-refractivity contribution in [2.24, 2.45) is 0 Å². The van der Waals surface area contributed by atoms with Gasteiger partial charge >= 0.3 is 5.69 Å². The molecule has 0 saturated carbocycles. The highest BCUT2D eigenvalue weighted by Crippen LogP contribution is 2.18. The highest BCUT2D eigenvalue weighted by molar-refractivity contribution is 9.10. The number of halogens is 1. The first-order valence-corrected chi connectivity index (χ1v) is 5.19. The van der Waals surface area contributed by atoms with Crippen LogP contribution in [0.1, 0.15) is 5.56 Å². The Labute approximate surface area is 99.2 Å². The smallest absolute Gasteiger partial charge is 0.258 e. The maximum atomic E-state index is 10.5. The monoisotopic (exact) mass is 282 g/mol. The van der Waals surface area contributed by atoms with Crippen molar-refractivity contribution in [3.63, 3.8) is 0 Å². The van der Waals surface area contributed by atoms with Gasteiger partial charge in [0.1, 0.15) is 12.4 Å². The standard InChI is InChI=1S/C9H7BrN4O2/c1-6-2-9(11-4-8(6)10)13-5-7(3-12-13)14(15)16/h2-5H,1H3. The Hall–Kier alpha value is -1.76. The third-order valence-corrected chi connectivity index (χ3v) is 2.88. The minimum Gasteiger partial charge on any atom is -0.258 e. The van der Waals surface area contributed by atoms with Gasteiger partial charge in [-0.1, -0.05) is 0 Å². The van der Waals surface area contributed by atoms with Gasteiger partial charge in [-0.15, -0.1) is 0 Å². The van der Waals surface area contributed by atoms with E-state index in [0.717, 1.165) is 10.0 Å². The third-order valence-electron chi connectivity index (χ3n) is 2.05. The Balaban J connectivity index is 2.42. The summed E-state index contributed by atoms with van der Waals surface area (Å²) >= 11 is 3.33. The zero-order valence-electron chi connectivity index (χ0n) is 8.29. The number of aromatic nitrogens is 3. The van der Waals surface area contributed by atoms with Gasteiger partial charge in [-0.05, 0) is 34.5 Å². The topological polar surface area (TPSA) is 73.8 Å². The average molecular weight is 283 g/mol. The molecule has 0 aromatic carbocycles. The Morgan fingerprint density at radius 3 is 2.81 bits per heavy atom. The Bertz CT molecular complexity index is 552. The summed E-state index contributed by atoms with van der Waals surface area (Å²) in [5, 5.41) is 14.4. The zero-order valence-corrected chi connectivity index (χ0v) is 9.88. The second-order valence-corrected chi connectivity index (χ2v) is 4.05. The van der Waals surface area contributed by atoms with Crippen LogP contribution >= 0.6 is 15.9 Å². The van der Waals surface area contributed by atoms with Crippen LogP contribution in [-0.2, 0) is 0 Å². The largest absolute Gasteiger partial charge is 0.307 e. The van der Waals surface area contributed by atoms with E-state index in [2.05, 4.69) is 26.0 Å². The van der Waals surface area contributed by atoms with Gasteiger partial charge in [-0.2, -0.15) is 5.10 Å². The van der Waals surface area contributed by atoms with E-state index in [0.29, 0.717) is 5.82 Å². The third kappa shape index (κ3) is 1.94. The molecule has 0 aliphatic rings. The van der Waals surface area contributed by atoms with E-state index in [1.54, 1.807) is 12.3 Å². The predicted octanol–water partition coefficient (Wildman–Crippen LogP) is 2.25. The van der Waals surface area contributed by atoms with Crippen molar-refractivity contribution in [2.75, 3.05) is 0 Å². The van der Waals surface area contributed by atoms with Crippen LogP contribution in [0, 0.1) is 17.0 Å². The van der Waals surface area contributed by atoms with E-state index in [-0.39, 0.29) is 5.69 Å². The molecule has 0 aliphatic carbocycles. The maximum Gasteiger partial charge on any atom is 0.307 e. The fourth-order valence-electron chi connectivity index (χ4n) is 1.18. The van der Waals surface area contributed by atoms with Crippen LogP contribution in [0.5, 0.6) is 0 Å². The van der Waals surface area contributed by atoms with Gasteiger partial charge in [0.05, 0.1) is 4.92 Å². The molecule has 0 radical (unpaired) electrons. The van der Waals surface area contributed by atoms with Crippen molar-refractivity contribution in [3.8, 4) is 5.82 Å². The van der Waals surface area contributed by atoms with E-state index in [1.807, 2.05) is 6.92 Å². The van der Waals surface area contributed by atoms with Gasteiger partial charge in [-0.3, -0.25) is 10.1 Å². The van der Waals surface area contributed by atoms with Crippen molar-refractivity contribution in [1.29, 1.82) is 0 Å². The first-order chi connectivity index (χ1) is 7.58. The quantitative estimate of drug-likeness (QED) is 0.625. The molecule has 6 nitrogen and oxygen atoms in total. The molecular weight excluding hydrogens is 276 g/mol. The summed E-state index contributed by atoms with van der Waals surface area (Å²) in [6.45, 7) is 1.91. The second kappa shape index (κ2) is 4.01. The van der Waals surface area contributed by atoms with Crippen LogP contribution in [0.4, 0.5) is 5.69 Å². The van der Waals surface area contributed by atoms with Gasteiger partial charge in [0.25, 0.3) is 0 Å². The van der Waals surface area contributed by atoms with Crippen molar-refractivity contribution in [2.45, 2.75) is 6.92 Å². The second-order valence-electron chi connectivity index (χ2n) is 3.19. The van der Waals surface area contributed by atoms with E-state index >= 15 is 0 Å². The lowest BCUT2D eigenvalue weighted by molar-refractivity contribution is -0.384. The minimum atomic E-state index is -0.491. The summed E-state index contributed by atoms with van der Waals surface area (Å²) in [4.78, 5) is 14.1. The molecular formula is C9H7BrN4O2. The fraction of sp³-hybridized carbons (Fsp3) is 0.111. The number of nitro groups is 1. The minimum absolute atomic E-state index is 0.0534. The van der Waals surface area contributed by atoms with Crippen molar-refractivity contribution in [1.82, 2.24) is 14.8 Å². The lowest BCUT2D eigenvalue weighted by Crippen LogP contribution is -1.98. The first-order valence-electron chi connectivity index (χ1n) is 4.39. The molecule has 7 heteroatoms. The molecule has 0 bridgehead atoms. The van der Waals surface area contributed by atoms with Crippen LogP contribution in [0.2, 0.25) is 0 Å². The average Bonchev–Trinajstić information content (AvgIpc) is 2.71. The molecule has 0 spiro atoms. The van der Waals surface area contributed by atoms with Gasteiger partial charge in [-0.25, -0.2) is 9.67 Å². The Morgan fingerprint density at radius 1 is 1.50 bits per heavy atom. The molecule has 0 saturated heterocycles. The molecule has 82 valence electrons. The van der Waals surface area contributed by atoms with Crippen LogP contribution in [0.15, 0.2) is 29.1 Å². The molecule has 0 aliphatic heterocycles. The summed E-state index contributed by atoms with van der Waals surface area (Å²) in [5.41, 5.74) is 0.936. The Kier molecular flexibility index (Phi) is 2.69. The molecule has 16 heavy (non-hydrogen) atoms. The molecule has 2 heterocycles. The van der Waals surface area contributed by atoms with E-state index in [4.69, 9.17) is 0 Å². The number of hydrogen-bond donors (Lipinski definition) is 0. The normalized spacial score (nSPS) is 10.4. The molecule has 0 atom stereocenters.